The van der Waals surface area contributed by atoms with Crippen molar-refractivity contribution in [3.05, 3.63) is 69.8 Å². The Morgan fingerprint density at radius 1 is 0.960 bits per heavy atom. The monoisotopic (exact) mass is 357 g/mol. The Morgan fingerprint density at radius 2 is 1.56 bits per heavy atom. The second kappa shape index (κ2) is 8.47. The molecular formula is C19H23N3O2S. The number of thioether (sulfide) groups is 1. The minimum atomic E-state index is -0.330. The Balaban J connectivity index is 1.49. The molecule has 1 aliphatic heterocycles. The van der Waals surface area contributed by atoms with Gasteiger partial charge in [-0.15, -0.1) is 11.8 Å². The molecule has 2 aromatic rings. The van der Waals surface area contributed by atoms with E-state index in [0.717, 1.165) is 44.8 Å². The number of hydrogen-bond acceptors (Lipinski definition) is 5. The minimum absolute atomic E-state index is 0.171. The van der Waals surface area contributed by atoms with Crippen LogP contribution in [0.1, 0.15) is 11.1 Å². The summed E-state index contributed by atoms with van der Waals surface area (Å²) in [6.45, 7) is 5.80. The van der Waals surface area contributed by atoms with Crippen molar-refractivity contribution in [2.45, 2.75) is 18.0 Å². The summed E-state index contributed by atoms with van der Waals surface area (Å²) in [5.74, 6) is 0. The standard InChI is InChI=1S/C19H23N3O2S/c1-25-19-7-5-16(6-8-19)14-20-9-11-21(12-10-20)15-17-3-2-4-18(13-17)22(23)24/h2-8,13H,9-12,14-15H2,1H3. The summed E-state index contributed by atoms with van der Waals surface area (Å²) in [6, 6.07) is 15.7. The number of hydrogen-bond donors (Lipinski definition) is 0. The summed E-state index contributed by atoms with van der Waals surface area (Å²) in [5.41, 5.74) is 2.53. The molecular weight excluding hydrogens is 334 g/mol. The summed E-state index contributed by atoms with van der Waals surface area (Å²) in [6.07, 6.45) is 2.09. The Hall–Kier alpha value is -1.89. The summed E-state index contributed by atoms with van der Waals surface area (Å²) < 4.78 is 0. The second-order valence-electron chi connectivity index (χ2n) is 6.33. The van der Waals surface area contributed by atoms with Crippen molar-refractivity contribution in [3.63, 3.8) is 0 Å². The van der Waals surface area contributed by atoms with Crippen molar-refractivity contribution in [1.29, 1.82) is 0 Å². The molecule has 1 fully saturated rings. The van der Waals surface area contributed by atoms with Gasteiger partial charge in [-0.25, -0.2) is 0 Å². The third kappa shape index (κ3) is 5.04. The number of nitro benzene ring substituents is 1. The molecule has 0 atom stereocenters. The second-order valence-corrected chi connectivity index (χ2v) is 7.21. The largest absolute Gasteiger partial charge is 0.297 e. The summed E-state index contributed by atoms with van der Waals surface area (Å²) >= 11 is 1.77. The van der Waals surface area contributed by atoms with E-state index in [0.29, 0.717) is 0 Å². The molecule has 6 heteroatoms. The molecule has 0 N–H and O–H groups in total. The highest BCUT2D eigenvalue weighted by molar-refractivity contribution is 7.98. The van der Waals surface area contributed by atoms with Crippen LogP contribution in [0.2, 0.25) is 0 Å². The van der Waals surface area contributed by atoms with Gasteiger partial charge in [0.1, 0.15) is 0 Å². The fourth-order valence-electron chi connectivity index (χ4n) is 3.12. The van der Waals surface area contributed by atoms with Crippen molar-refractivity contribution in [2.24, 2.45) is 0 Å². The van der Waals surface area contributed by atoms with Crippen LogP contribution >= 0.6 is 11.8 Å². The van der Waals surface area contributed by atoms with E-state index in [1.165, 1.54) is 10.5 Å². The zero-order valence-electron chi connectivity index (χ0n) is 14.4. The topological polar surface area (TPSA) is 49.6 Å². The lowest BCUT2D eigenvalue weighted by molar-refractivity contribution is -0.384. The number of rotatable bonds is 6. The maximum Gasteiger partial charge on any atom is 0.269 e. The normalized spacial score (nSPS) is 16.0. The van der Waals surface area contributed by atoms with Gasteiger partial charge in [-0.05, 0) is 29.5 Å². The Kier molecular flexibility index (Phi) is 6.07. The number of piperazine rings is 1. The molecule has 25 heavy (non-hydrogen) atoms. The first-order valence-corrected chi connectivity index (χ1v) is 9.67. The molecule has 0 saturated carbocycles. The zero-order chi connectivity index (χ0) is 17.6. The molecule has 132 valence electrons. The highest BCUT2D eigenvalue weighted by Gasteiger charge is 2.17. The van der Waals surface area contributed by atoms with E-state index in [1.807, 2.05) is 6.07 Å². The number of nitrogens with zero attached hydrogens (tertiary/aromatic N) is 3. The lowest BCUT2D eigenvalue weighted by Gasteiger charge is -2.34. The Morgan fingerprint density at radius 3 is 2.12 bits per heavy atom. The van der Waals surface area contributed by atoms with Crippen molar-refractivity contribution in [2.75, 3.05) is 32.4 Å². The first-order chi connectivity index (χ1) is 12.1. The number of non-ortho nitro benzene ring substituents is 1. The minimum Gasteiger partial charge on any atom is -0.297 e. The molecule has 0 radical (unpaired) electrons. The molecule has 0 aliphatic carbocycles. The molecule has 1 saturated heterocycles. The van der Waals surface area contributed by atoms with E-state index in [2.05, 4.69) is 40.3 Å². The van der Waals surface area contributed by atoms with Crippen LogP contribution in [0.3, 0.4) is 0 Å². The average molecular weight is 357 g/mol. The van der Waals surface area contributed by atoms with Gasteiger partial charge in [-0.2, -0.15) is 0 Å². The van der Waals surface area contributed by atoms with Gasteiger partial charge < -0.3 is 0 Å². The SMILES string of the molecule is CSc1ccc(CN2CCN(Cc3cccc([N+](=O)[O-])c3)CC2)cc1. The van der Waals surface area contributed by atoms with Gasteiger partial charge in [0.05, 0.1) is 4.92 Å². The maximum absolute atomic E-state index is 10.9. The lowest BCUT2D eigenvalue weighted by atomic mass is 10.1. The van der Waals surface area contributed by atoms with Crippen LogP contribution in [0.5, 0.6) is 0 Å². The highest BCUT2D eigenvalue weighted by Crippen LogP contribution is 2.18. The van der Waals surface area contributed by atoms with Gasteiger partial charge >= 0.3 is 0 Å². The molecule has 0 unspecified atom stereocenters. The smallest absolute Gasteiger partial charge is 0.269 e. The van der Waals surface area contributed by atoms with Crippen molar-refractivity contribution in [1.82, 2.24) is 9.80 Å². The van der Waals surface area contributed by atoms with E-state index < -0.39 is 0 Å². The molecule has 5 nitrogen and oxygen atoms in total. The predicted molar refractivity (Wildman–Crippen MR) is 102 cm³/mol. The molecule has 2 aromatic carbocycles. The third-order valence-electron chi connectivity index (χ3n) is 4.56. The van der Waals surface area contributed by atoms with Crippen molar-refractivity contribution >= 4 is 17.4 Å². The average Bonchev–Trinajstić information content (AvgIpc) is 2.64. The molecule has 1 heterocycles. The van der Waals surface area contributed by atoms with Crippen LogP contribution in [0.25, 0.3) is 0 Å². The molecule has 1 aliphatic rings. The number of nitro groups is 1. The van der Waals surface area contributed by atoms with Gasteiger partial charge in [0.15, 0.2) is 0 Å². The van der Waals surface area contributed by atoms with E-state index in [4.69, 9.17) is 0 Å². The summed E-state index contributed by atoms with van der Waals surface area (Å²) in [4.78, 5) is 16.7. The molecule has 0 spiro atoms. The fourth-order valence-corrected chi connectivity index (χ4v) is 3.53. The fraction of sp³-hybridized carbons (Fsp3) is 0.368. The predicted octanol–water partition coefficient (Wildman–Crippen LogP) is 3.63. The molecule has 0 amide bonds. The Labute approximate surface area is 152 Å². The summed E-state index contributed by atoms with van der Waals surface area (Å²) in [5, 5.41) is 10.9. The van der Waals surface area contributed by atoms with Crippen LogP contribution in [0.4, 0.5) is 5.69 Å². The van der Waals surface area contributed by atoms with Crippen LogP contribution in [-0.4, -0.2) is 47.2 Å². The molecule has 0 bridgehead atoms. The first-order valence-electron chi connectivity index (χ1n) is 8.45. The van der Waals surface area contributed by atoms with Gasteiger partial charge in [-0.1, -0.05) is 24.3 Å². The number of benzene rings is 2. The van der Waals surface area contributed by atoms with Crippen molar-refractivity contribution < 1.29 is 4.92 Å². The summed E-state index contributed by atoms with van der Waals surface area (Å²) in [7, 11) is 0. The van der Waals surface area contributed by atoms with E-state index in [9.17, 15) is 10.1 Å². The van der Waals surface area contributed by atoms with Crippen LogP contribution < -0.4 is 0 Å². The van der Waals surface area contributed by atoms with E-state index >= 15 is 0 Å². The van der Waals surface area contributed by atoms with Gasteiger partial charge in [0.2, 0.25) is 0 Å². The van der Waals surface area contributed by atoms with E-state index in [-0.39, 0.29) is 10.6 Å². The van der Waals surface area contributed by atoms with Gasteiger partial charge in [-0.3, -0.25) is 19.9 Å². The quantitative estimate of drug-likeness (QED) is 0.449. The molecule has 0 aromatic heterocycles. The first kappa shape index (κ1) is 17.9. The molecule has 3 rings (SSSR count). The van der Waals surface area contributed by atoms with Gasteiger partial charge in [0.25, 0.3) is 5.69 Å². The third-order valence-corrected chi connectivity index (χ3v) is 5.30. The highest BCUT2D eigenvalue weighted by atomic mass is 32.2. The van der Waals surface area contributed by atoms with Gasteiger partial charge in [0, 0.05) is 56.3 Å². The van der Waals surface area contributed by atoms with Crippen LogP contribution in [0.15, 0.2) is 53.4 Å². The van der Waals surface area contributed by atoms with Crippen molar-refractivity contribution in [3.8, 4) is 0 Å². The zero-order valence-corrected chi connectivity index (χ0v) is 15.2. The van der Waals surface area contributed by atoms with Crippen LogP contribution in [-0.2, 0) is 13.1 Å². The maximum atomic E-state index is 10.9. The van der Waals surface area contributed by atoms with E-state index in [1.54, 1.807) is 30.0 Å². The Bertz CT molecular complexity index is 713. The van der Waals surface area contributed by atoms with Crippen LogP contribution in [0, 0.1) is 10.1 Å². The lowest BCUT2D eigenvalue weighted by Crippen LogP contribution is -2.45.